The predicted octanol–water partition coefficient (Wildman–Crippen LogP) is -3.57. The Kier molecular flexibility index (Phi) is 11.5. The first kappa shape index (κ1) is 39.0. The van der Waals surface area contributed by atoms with Gasteiger partial charge in [0.1, 0.15) is 89.3 Å². The summed E-state index contributed by atoms with van der Waals surface area (Å²) in [7, 11) is 0. The van der Waals surface area contributed by atoms with Crippen molar-refractivity contribution in [1.82, 2.24) is 0 Å². The number of rotatable bonds is 9. The van der Waals surface area contributed by atoms with Gasteiger partial charge >= 0.3 is 0 Å². The summed E-state index contributed by atoms with van der Waals surface area (Å²) in [5.74, 6) is -2.39. The van der Waals surface area contributed by atoms with Gasteiger partial charge in [0.05, 0.1) is 19.3 Å². The molecule has 3 aliphatic rings. The molecule has 4 heterocycles. The predicted molar refractivity (Wildman–Crippen MR) is 171 cm³/mol. The molecule has 0 saturated carbocycles. The highest BCUT2D eigenvalue weighted by Gasteiger charge is 2.52. The summed E-state index contributed by atoms with van der Waals surface area (Å²) in [4.78, 5) is 14.0. The number of aliphatic hydroxyl groups is 9. The van der Waals surface area contributed by atoms with E-state index < -0.39 is 133 Å². The van der Waals surface area contributed by atoms with Gasteiger partial charge in [0.2, 0.25) is 17.5 Å². The number of fused-ring (bicyclic) bond motifs is 1. The smallest absolute Gasteiger partial charge is 0.239 e. The Labute approximate surface area is 298 Å². The zero-order chi connectivity index (χ0) is 38.5. The number of phenols is 3. The van der Waals surface area contributed by atoms with Crippen molar-refractivity contribution in [3.63, 3.8) is 0 Å². The third-order valence-corrected chi connectivity index (χ3v) is 9.30. The Balaban J connectivity index is 1.39. The molecular formula is C33H40O20. The van der Waals surface area contributed by atoms with E-state index >= 15 is 0 Å². The van der Waals surface area contributed by atoms with Crippen molar-refractivity contribution in [3.8, 4) is 34.3 Å². The van der Waals surface area contributed by atoms with Crippen LogP contribution in [0.15, 0.2) is 45.6 Å². The molecule has 292 valence electrons. The van der Waals surface area contributed by atoms with Gasteiger partial charge < -0.3 is 94.1 Å². The maximum atomic E-state index is 14.0. The van der Waals surface area contributed by atoms with E-state index in [0.29, 0.717) is 0 Å². The summed E-state index contributed by atoms with van der Waals surface area (Å²) < 4.78 is 40.0. The first-order chi connectivity index (χ1) is 25.1. The minimum atomic E-state index is -2.06. The van der Waals surface area contributed by atoms with Crippen LogP contribution >= 0.6 is 0 Å². The van der Waals surface area contributed by atoms with Gasteiger partial charge in [-0.2, -0.15) is 0 Å². The van der Waals surface area contributed by atoms with E-state index in [-0.39, 0.29) is 22.7 Å². The maximum Gasteiger partial charge on any atom is 0.239 e. The van der Waals surface area contributed by atoms with Crippen LogP contribution in [0.4, 0.5) is 0 Å². The lowest BCUT2D eigenvalue weighted by Crippen LogP contribution is -2.65. The lowest BCUT2D eigenvalue weighted by atomic mass is 9.97. The molecule has 3 fully saturated rings. The molecule has 0 aliphatic carbocycles. The number of hydrogen-bond acceptors (Lipinski definition) is 20. The summed E-state index contributed by atoms with van der Waals surface area (Å²) in [6.45, 7) is -0.140. The Bertz CT molecular complexity index is 1780. The molecule has 15 atom stereocenters. The largest absolute Gasteiger partial charge is 0.508 e. The number of benzene rings is 2. The SMILES string of the molecule is C[C@H]1O[C@@H](OC[C@H]2O[C@@H](Oc3c(-c4ccc(O)cc4)oc4cc(O)cc(O)c4c3=O)[C@H](O[C@@H]3O[C@H](CO)[C@H](O)[C@H](O)[C@H]3O)[C@@H](O)[C@H]2O)[C@H](O)[C@@H](O)[C@@H]1O. The van der Waals surface area contributed by atoms with Crippen molar-refractivity contribution >= 4 is 11.0 Å². The number of phenolic OH excluding ortho intramolecular Hbond substituents is 3. The Hall–Kier alpha value is -3.71. The highest BCUT2D eigenvalue weighted by Crippen LogP contribution is 2.38. The highest BCUT2D eigenvalue weighted by atomic mass is 16.8. The molecule has 12 N–H and O–H groups in total. The second-order valence-corrected chi connectivity index (χ2v) is 12.9. The molecule has 0 amide bonds. The van der Waals surface area contributed by atoms with E-state index in [4.69, 9.17) is 32.8 Å². The molecule has 3 saturated heterocycles. The molecule has 3 aromatic rings. The standard InChI is InChI=1S/C33H40O20/c1-10-19(38)23(42)26(45)31(48-10)47-9-17-21(40)25(44)30(53-32-27(46)24(43)20(39)16(8-34)50-32)33(51-17)52-29-22(41)18-14(37)6-13(36)7-15(18)49-28(29)11-2-4-12(35)5-3-11/h2-7,10,16-17,19-21,23-27,30-40,42-46H,8-9H2,1H3/t10-,16-,17-,19-,20+,21+,23+,24+,25+,26-,27-,30-,31-,32+,33+/m1/s1. The number of hydrogen-bond donors (Lipinski definition) is 12. The average molecular weight is 757 g/mol. The highest BCUT2D eigenvalue weighted by molar-refractivity contribution is 5.88. The van der Waals surface area contributed by atoms with Gasteiger partial charge in [-0.3, -0.25) is 4.79 Å². The van der Waals surface area contributed by atoms with Crippen molar-refractivity contribution in [2.45, 2.75) is 99.0 Å². The Morgan fingerprint density at radius 1 is 0.679 bits per heavy atom. The molecule has 2 aromatic carbocycles. The summed E-state index contributed by atoms with van der Waals surface area (Å²) in [6.07, 6.45) is -26.1. The number of aliphatic hydroxyl groups excluding tert-OH is 9. The fourth-order valence-corrected chi connectivity index (χ4v) is 6.25. The zero-order valence-corrected chi connectivity index (χ0v) is 27.7. The quantitative estimate of drug-likeness (QED) is 0.100. The Morgan fingerprint density at radius 2 is 1.30 bits per heavy atom. The minimum absolute atomic E-state index is 0.112. The first-order valence-corrected chi connectivity index (χ1v) is 16.4. The fraction of sp³-hybridized carbons (Fsp3) is 0.545. The van der Waals surface area contributed by atoms with E-state index in [0.717, 1.165) is 12.1 Å². The van der Waals surface area contributed by atoms with Crippen LogP contribution in [0.25, 0.3) is 22.3 Å². The van der Waals surface area contributed by atoms with Crippen molar-refractivity contribution < 1.29 is 94.1 Å². The number of aromatic hydroxyl groups is 3. The second kappa shape index (κ2) is 15.6. The minimum Gasteiger partial charge on any atom is -0.508 e. The zero-order valence-electron chi connectivity index (χ0n) is 27.7. The molecule has 3 aliphatic heterocycles. The van der Waals surface area contributed by atoms with Crippen LogP contribution in [-0.4, -0.2) is 167 Å². The van der Waals surface area contributed by atoms with E-state index in [1.807, 2.05) is 0 Å². The van der Waals surface area contributed by atoms with Crippen LogP contribution < -0.4 is 10.2 Å². The van der Waals surface area contributed by atoms with Crippen LogP contribution in [0.5, 0.6) is 23.0 Å². The van der Waals surface area contributed by atoms with Gasteiger partial charge in [0.25, 0.3) is 0 Å². The third-order valence-electron chi connectivity index (χ3n) is 9.30. The average Bonchev–Trinajstić information content (AvgIpc) is 3.12. The van der Waals surface area contributed by atoms with Crippen LogP contribution in [0.3, 0.4) is 0 Å². The van der Waals surface area contributed by atoms with Gasteiger partial charge in [0, 0.05) is 17.7 Å². The molecule has 6 rings (SSSR count). The van der Waals surface area contributed by atoms with E-state index in [1.54, 1.807) is 0 Å². The maximum absolute atomic E-state index is 14.0. The van der Waals surface area contributed by atoms with Gasteiger partial charge in [0.15, 0.2) is 24.4 Å². The molecule has 1 aromatic heterocycles. The summed E-state index contributed by atoms with van der Waals surface area (Å²) >= 11 is 0. The molecule has 0 unspecified atom stereocenters. The van der Waals surface area contributed by atoms with Crippen LogP contribution in [-0.2, 0) is 23.7 Å². The van der Waals surface area contributed by atoms with Crippen molar-refractivity contribution in [2.75, 3.05) is 13.2 Å². The molecule has 20 nitrogen and oxygen atoms in total. The fourth-order valence-electron chi connectivity index (χ4n) is 6.25. The molecule has 20 heteroatoms. The monoisotopic (exact) mass is 756 g/mol. The van der Waals surface area contributed by atoms with E-state index in [9.17, 15) is 66.1 Å². The van der Waals surface area contributed by atoms with E-state index in [1.165, 1.54) is 31.2 Å². The van der Waals surface area contributed by atoms with Gasteiger partial charge in [-0.1, -0.05) is 0 Å². The summed E-state index contributed by atoms with van der Waals surface area (Å²) in [5, 5.41) is 124. The van der Waals surface area contributed by atoms with Crippen LogP contribution in [0.2, 0.25) is 0 Å². The van der Waals surface area contributed by atoms with Gasteiger partial charge in [-0.05, 0) is 31.2 Å². The van der Waals surface area contributed by atoms with Crippen LogP contribution in [0, 0.1) is 0 Å². The van der Waals surface area contributed by atoms with E-state index in [2.05, 4.69) is 0 Å². The molecule has 53 heavy (non-hydrogen) atoms. The molecular weight excluding hydrogens is 716 g/mol. The van der Waals surface area contributed by atoms with Gasteiger partial charge in [-0.15, -0.1) is 0 Å². The molecule has 0 radical (unpaired) electrons. The first-order valence-electron chi connectivity index (χ1n) is 16.4. The third kappa shape index (κ3) is 7.52. The van der Waals surface area contributed by atoms with Crippen molar-refractivity contribution in [2.24, 2.45) is 0 Å². The summed E-state index contributed by atoms with van der Waals surface area (Å²) in [5.41, 5.74) is -1.23. The molecule has 0 bridgehead atoms. The Morgan fingerprint density at radius 3 is 1.98 bits per heavy atom. The molecule has 0 spiro atoms. The van der Waals surface area contributed by atoms with Gasteiger partial charge in [-0.25, -0.2) is 0 Å². The van der Waals surface area contributed by atoms with Crippen LogP contribution in [0.1, 0.15) is 6.92 Å². The summed E-state index contributed by atoms with van der Waals surface area (Å²) in [6, 6.07) is 7.05. The lowest BCUT2D eigenvalue weighted by molar-refractivity contribution is -0.362. The van der Waals surface area contributed by atoms with Crippen molar-refractivity contribution in [3.05, 3.63) is 46.6 Å². The normalized spacial score (nSPS) is 37.8. The second-order valence-electron chi connectivity index (χ2n) is 12.9. The number of ether oxygens (including phenoxy) is 6. The lowest BCUT2D eigenvalue weighted by Gasteiger charge is -2.46. The van der Waals surface area contributed by atoms with Crippen molar-refractivity contribution in [1.29, 1.82) is 0 Å². The topological polar surface area (TPSA) is 328 Å².